The van der Waals surface area contributed by atoms with Gasteiger partial charge in [0.15, 0.2) is 0 Å². The molecule has 0 unspecified atom stereocenters. The van der Waals surface area contributed by atoms with Crippen LogP contribution in [0, 0.1) is 0 Å². The largest absolute Gasteiger partial charge is 0.516 e. The summed E-state index contributed by atoms with van der Waals surface area (Å²) in [5.74, 6) is 0. The van der Waals surface area contributed by atoms with Crippen LogP contribution in [0.1, 0.15) is 0 Å². The number of aliphatic hydroxyl groups is 1. The minimum absolute atomic E-state index is 0.288. The van der Waals surface area contributed by atoms with Gasteiger partial charge in [-0.1, -0.05) is 0 Å². The standard InChI is InChI=1S/C3H7NO2/c5-3-1-2-4-6/h1,3-6H,2H2. The number of nitrogens with one attached hydrogen (secondary N) is 1. The number of hydroxylamine groups is 1. The highest BCUT2D eigenvalue weighted by Crippen LogP contribution is 1.57. The molecule has 0 fully saturated rings. The van der Waals surface area contributed by atoms with Gasteiger partial charge in [-0.25, -0.2) is 5.48 Å². The first-order valence-corrected chi connectivity index (χ1v) is 1.58. The van der Waals surface area contributed by atoms with Crippen molar-refractivity contribution in [2.75, 3.05) is 6.54 Å². The van der Waals surface area contributed by atoms with Gasteiger partial charge in [-0.3, -0.25) is 0 Å². The highest BCUT2D eigenvalue weighted by Gasteiger charge is 1.63. The van der Waals surface area contributed by atoms with Crippen molar-refractivity contribution in [2.45, 2.75) is 0 Å². The smallest absolute Gasteiger partial charge is 0.0765 e. The maximum absolute atomic E-state index is 7.87. The van der Waals surface area contributed by atoms with Crippen molar-refractivity contribution in [1.82, 2.24) is 5.48 Å². The molecule has 6 heavy (non-hydrogen) atoms. The molecule has 0 aliphatic carbocycles. The van der Waals surface area contributed by atoms with E-state index in [1.165, 1.54) is 6.08 Å². The summed E-state index contributed by atoms with van der Waals surface area (Å²) in [6.45, 7) is 0.288. The van der Waals surface area contributed by atoms with E-state index in [4.69, 9.17) is 10.3 Å². The second-order valence-corrected chi connectivity index (χ2v) is 0.747. The molecule has 0 aromatic heterocycles. The van der Waals surface area contributed by atoms with E-state index in [1.54, 1.807) is 0 Å². The third kappa shape index (κ3) is 3.46. The summed E-state index contributed by atoms with van der Waals surface area (Å²) < 4.78 is 0. The van der Waals surface area contributed by atoms with Crippen LogP contribution in [0.15, 0.2) is 12.3 Å². The van der Waals surface area contributed by atoms with Crippen LogP contribution in [0.4, 0.5) is 0 Å². The first-order valence-electron chi connectivity index (χ1n) is 1.58. The lowest BCUT2D eigenvalue weighted by Crippen LogP contribution is -2.04. The van der Waals surface area contributed by atoms with Crippen molar-refractivity contribution in [1.29, 1.82) is 0 Å². The average molecular weight is 89.1 g/mol. The Labute approximate surface area is 35.9 Å². The van der Waals surface area contributed by atoms with Crippen molar-refractivity contribution < 1.29 is 10.3 Å². The second kappa shape index (κ2) is 4.46. The van der Waals surface area contributed by atoms with Crippen LogP contribution in [-0.4, -0.2) is 16.9 Å². The van der Waals surface area contributed by atoms with Gasteiger partial charge in [0, 0.05) is 6.54 Å². The lowest BCUT2D eigenvalue weighted by molar-refractivity contribution is 0.179. The minimum atomic E-state index is 0.288. The first kappa shape index (κ1) is 5.46. The highest BCUT2D eigenvalue weighted by atomic mass is 16.5. The number of rotatable bonds is 2. The normalized spacial score (nSPS) is 10.2. The molecule has 0 aliphatic rings. The predicted molar refractivity (Wildman–Crippen MR) is 21.6 cm³/mol. The van der Waals surface area contributed by atoms with Crippen LogP contribution in [0.2, 0.25) is 0 Å². The van der Waals surface area contributed by atoms with Crippen LogP contribution < -0.4 is 5.48 Å². The second-order valence-electron chi connectivity index (χ2n) is 0.747. The van der Waals surface area contributed by atoms with Gasteiger partial charge in [0.05, 0.1) is 6.26 Å². The SMILES string of the molecule is OC=CCNO. The zero-order valence-electron chi connectivity index (χ0n) is 3.26. The third-order valence-corrected chi connectivity index (χ3v) is 0.315. The van der Waals surface area contributed by atoms with E-state index in [0.29, 0.717) is 0 Å². The van der Waals surface area contributed by atoms with Crippen molar-refractivity contribution in [3.8, 4) is 0 Å². The maximum Gasteiger partial charge on any atom is 0.0765 e. The molecule has 3 heteroatoms. The molecular formula is C3H7NO2. The highest BCUT2D eigenvalue weighted by molar-refractivity contribution is 4.71. The monoisotopic (exact) mass is 89.0 g/mol. The van der Waals surface area contributed by atoms with E-state index in [-0.39, 0.29) is 6.54 Å². The van der Waals surface area contributed by atoms with Crippen molar-refractivity contribution in [3.63, 3.8) is 0 Å². The average Bonchev–Trinajstić information content (AvgIpc) is 1.61. The van der Waals surface area contributed by atoms with Gasteiger partial charge in [0.1, 0.15) is 0 Å². The van der Waals surface area contributed by atoms with E-state index in [9.17, 15) is 0 Å². The van der Waals surface area contributed by atoms with Crippen LogP contribution in [0.3, 0.4) is 0 Å². The topological polar surface area (TPSA) is 52.5 Å². The maximum atomic E-state index is 7.87. The van der Waals surface area contributed by atoms with Gasteiger partial charge in [0.25, 0.3) is 0 Å². The Hall–Kier alpha value is -0.540. The lowest BCUT2D eigenvalue weighted by atomic mass is 10.6. The molecule has 0 radical (unpaired) electrons. The van der Waals surface area contributed by atoms with Crippen molar-refractivity contribution in [2.24, 2.45) is 0 Å². The summed E-state index contributed by atoms with van der Waals surface area (Å²) >= 11 is 0. The van der Waals surface area contributed by atoms with Gasteiger partial charge in [-0.15, -0.1) is 0 Å². The van der Waals surface area contributed by atoms with Crippen LogP contribution in [-0.2, 0) is 0 Å². The molecular weight excluding hydrogens is 82.0 g/mol. The summed E-state index contributed by atoms with van der Waals surface area (Å²) in [5.41, 5.74) is 1.82. The minimum Gasteiger partial charge on any atom is -0.516 e. The molecule has 0 saturated heterocycles. The number of hydrogen-bond acceptors (Lipinski definition) is 3. The predicted octanol–water partition coefficient (Wildman–Crippen LogP) is 0.0369. The van der Waals surface area contributed by atoms with Crippen molar-refractivity contribution in [3.05, 3.63) is 12.3 Å². The van der Waals surface area contributed by atoms with E-state index >= 15 is 0 Å². The fourth-order valence-electron chi connectivity index (χ4n) is 0.105. The molecule has 0 rings (SSSR count). The van der Waals surface area contributed by atoms with E-state index in [2.05, 4.69) is 0 Å². The fraction of sp³-hybridized carbons (Fsp3) is 0.333. The summed E-state index contributed by atoms with van der Waals surface area (Å²) in [6.07, 6.45) is 2.24. The fourth-order valence-corrected chi connectivity index (χ4v) is 0.105. The van der Waals surface area contributed by atoms with Gasteiger partial charge in [-0.2, -0.15) is 0 Å². The zero-order chi connectivity index (χ0) is 4.83. The van der Waals surface area contributed by atoms with Crippen LogP contribution in [0.25, 0.3) is 0 Å². The van der Waals surface area contributed by atoms with Gasteiger partial charge < -0.3 is 10.3 Å². The number of hydrogen-bond donors (Lipinski definition) is 3. The molecule has 3 nitrogen and oxygen atoms in total. The van der Waals surface area contributed by atoms with E-state index < -0.39 is 0 Å². The molecule has 0 aromatic rings. The quantitative estimate of drug-likeness (QED) is 0.330. The van der Waals surface area contributed by atoms with Crippen molar-refractivity contribution >= 4 is 0 Å². The Morgan fingerprint density at radius 2 is 2.33 bits per heavy atom. The van der Waals surface area contributed by atoms with Gasteiger partial charge in [-0.05, 0) is 6.08 Å². The Bertz CT molecular complexity index is 44.1. The first-order chi connectivity index (χ1) is 2.91. The molecule has 0 saturated carbocycles. The van der Waals surface area contributed by atoms with Crippen LogP contribution in [0.5, 0.6) is 0 Å². The van der Waals surface area contributed by atoms with Gasteiger partial charge in [0.2, 0.25) is 0 Å². The summed E-state index contributed by atoms with van der Waals surface area (Å²) in [7, 11) is 0. The van der Waals surface area contributed by atoms with Gasteiger partial charge >= 0.3 is 0 Å². The molecule has 0 atom stereocenters. The summed E-state index contributed by atoms with van der Waals surface area (Å²) in [6, 6.07) is 0. The van der Waals surface area contributed by atoms with E-state index in [0.717, 1.165) is 6.26 Å². The number of aliphatic hydroxyl groups excluding tert-OH is 1. The summed E-state index contributed by atoms with van der Waals surface area (Å²) in [5, 5.41) is 15.7. The van der Waals surface area contributed by atoms with Crippen LogP contribution >= 0.6 is 0 Å². The Morgan fingerprint density at radius 1 is 1.67 bits per heavy atom. The summed E-state index contributed by atoms with van der Waals surface area (Å²) in [4.78, 5) is 0. The molecule has 36 valence electrons. The molecule has 0 spiro atoms. The molecule has 0 amide bonds. The molecule has 0 aliphatic heterocycles. The molecule has 0 bridgehead atoms. The molecule has 3 N–H and O–H groups in total. The Balaban J connectivity index is 2.66. The lowest BCUT2D eigenvalue weighted by Gasteiger charge is -1.80. The molecule has 0 aromatic carbocycles. The van der Waals surface area contributed by atoms with E-state index in [1.807, 2.05) is 5.48 Å². The Morgan fingerprint density at radius 3 is 2.50 bits per heavy atom. The third-order valence-electron chi connectivity index (χ3n) is 0.315. The Kier molecular flexibility index (Phi) is 4.06. The molecule has 0 heterocycles. The zero-order valence-corrected chi connectivity index (χ0v) is 3.26.